The molecule has 0 unspecified atom stereocenters. The SMILES string of the molecule is COc1cc(C(=O)COC(=O)c2cc(S(=O)(=O)NCc3ccccc3)ccc2O)cc(OC)c1OC. The van der Waals surface area contributed by atoms with Crippen molar-refractivity contribution in [1.82, 2.24) is 4.72 Å². The van der Waals surface area contributed by atoms with E-state index in [1.54, 1.807) is 24.3 Å². The molecule has 0 saturated carbocycles. The van der Waals surface area contributed by atoms with Crippen LogP contribution in [0.1, 0.15) is 26.3 Å². The molecule has 0 amide bonds. The van der Waals surface area contributed by atoms with Crippen LogP contribution in [0.5, 0.6) is 23.0 Å². The second-order valence-corrected chi connectivity index (χ2v) is 9.17. The number of Topliss-reactive ketones (excluding diaryl/α,β-unsaturated/α-hetero) is 1. The van der Waals surface area contributed by atoms with Crippen molar-refractivity contribution < 1.29 is 42.1 Å². The van der Waals surface area contributed by atoms with Crippen molar-refractivity contribution in [2.75, 3.05) is 27.9 Å². The van der Waals surface area contributed by atoms with E-state index in [-0.39, 0.29) is 34.3 Å². The standard InChI is InChI=1S/C25H25NO9S/c1-32-22-11-17(12-23(33-2)24(22)34-3)21(28)15-35-25(29)19-13-18(9-10-20(19)27)36(30,31)26-14-16-7-5-4-6-8-16/h4-13,26-27H,14-15H2,1-3H3. The summed E-state index contributed by atoms with van der Waals surface area (Å²) in [6.07, 6.45) is 0. The number of ether oxygens (including phenoxy) is 4. The quantitative estimate of drug-likeness (QED) is 0.292. The molecule has 0 fully saturated rings. The predicted molar refractivity (Wildman–Crippen MR) is 129 cm³/mol. The highest BCUT2D eigenvalue weighted by Gasteiger charge is 2.22. The van der Waals surface area contributed by atoms with E-state index >= 15 is 0 Å². The molecule has 0 atom stereocenters. The molecule has 36 heavy (non-hydrogen) atoms. The Bertz CT molecular complexity index is 1330. The molecule has 0 radical (unpaired) electrons. The van der Waals surface area contributed by atoms with Gasteiger partial charge in [-0.1, -0.05) is 30.3 Å². The number of carbonyl (C=O) groups is 2. The number of esters is 1. The first-order valence-electron chi connectivity index (χ1n) is 10.6. The maximum atomic E-state index is 12.7. The molecule has 0 spiro atoms. The lowest BCUT2D eigenvalue weighted by atomic mass is 10.1. The van der Waals surface area contributed by atoms with Gasteiger partial charge in [-0.25, -0.2) is 17.9 Å². The zero-order valence-electron chi connectivity index (χ0n) is 19.8. The van der Waals surface area contributed by atoms with E-state index in [1.807, 2.05) is 6.07 Å². The van der Waals surface area contributed by atoms with Crippen LogP contribution in [-0.2, 0) is 21.3 Å². The van der Waals surface area contributed by atoms with E-state index in [4.69, 9.17) is 18.9 Å². The number of hydrogen-bond donors (Lipinski definition) is 2. The lowest BCUT2D eigenvalue weighted by Crippen LogP contribution is -2.23. The summed E-state index contributed by atoms with van der Waals surface area (Å²) >= 11 is 0. The second-order valence-electron chi connectivity index (χ2n) is 7.40. The van der Waals surface area contributed by atoms with Crippen molar-refractivity contribution in [3.05, 3.63) is 77.4 Å². The number of phenolic OH excluding ortho intramolecular Hbond substituents is 1. The highest BCUT2D eigenvalue weighted by Crippen LogP contribution is 2.38. The Kier molecular flexibility index (Phi) is 8.51. The van der Waals surface area contributed by atoms with Crippen molar-refractivity contribution in [3.8, 4) is 23.0 Å². The molecule has 2 N–H and O–H groups in total. The maximum absolute atomic E-state index is 12.7. The van der Waals surface area contributed by atoms with Crippen LogP contribution in [0.3, 0.4) is 0 Å². The van der Waals surface area contributed by atoms with E-state index in [0.717, 1.165) is 23.8 Å². The van der Waals surface area contributed by atoms with Gasteiger partial charge in [0.05, 0.1) is 26.2 Å². The minimum absolute atomic E-state index is 0.0348. The molecule has 11 heteroatoms. The van der Waals surface area contributed by atoms with Crippen LogP contribution >= 0.6 is 0 Å². The Morgan fingerprint density at radius 3 is 2.11 bits per heavy atom. The number of hydrogen-bond acceptors (Lipinski definition) is 9. The van der Waals surface area contributed by atoms with Crippen LogP contribution in [0.25, 0.3) is 0 Å². The highest BCUT2D eigenvalue weighted by atomic mass is 32.2. The summed E-state index contributed by atoms with van der Waals surface area (Å²) in [6, 6.07) is 14.9. The summed E-state index contributed by atoms with van der Waals surface area (Å²) in [6.45, 7) is -0.646. The normalized spacial score (nSPS) is 11.0. The van der Waals surface area contributed by atoms with E-state index in [0.29, 0.717) is 0 Å². The summed E-state index contributed by atoms with van der Waals surface area (Å²) in [7, 11) is 0.201. The molecule has 0 bridgehead atoms. The van der Waals surface area contributed by atoms with Crippen LogP contribution in [-0.4, -0.2) is 53.2 Å². The monoisotopic (exact) mass is 515 g/mol. The lowest BCUT2D eigenvalue weighted by molar-refractivity contribution is 0.0471. The van der Waals surface area contributed by atoms with Gasteiger partial charge in [-0.3, -0.25) is 4.79 Å². The van der Waals surface area contributed by atoms with Crippen LogP contribution in [0.15, 0.2) is 65.6 Å². The Morgan fingerprint density at radius 1 is 0.889 bits per heavy atom. The molecule has 0 saturated heterocycles. The summed E-state index contributed by atoms with van der Waals surface area (Å²) in [5, 5.41) is 10.1. The van der Waals surface area contributed by atoms with Gasteiger partial charge in [0, 0.05) is 12.1 Å². The molecule has 10 nitrogen and oxygen atoms in total. The third-order valence-corrected chi connectivity index (χ3v) is 6.53. The fourth-order valence-corrected chi connectivity index (χ4v) is 4.28. The minimum Gasteiger partial charge on any atom is -0.507 e. The van der Waals surface area contributed by atoms with Gasteiger partial charge in [0.2, 0.25) is 21.6 Å². The number of rotatable bonds is 11. The average Bonchev–Trinajstić information content (AvgIpc) is 2.90. The van der Waals surface area contributed by atoms with Crippen LogP contribution < -0.4 is 18.9 Å². The molecular weight excluding hydrogens is 490 g/mol. The van der Waals surface area contributed by atoms with E-state index in [2.05, 4.69) is 4.72 Å². The minimum atomic E-state index is -4.00. The fraction of sp³-hybridized carbons (Fsp3) is 0.200. The first-order valence-corrected chi connectivity index (χ1v) is 12.1. The number of sulfonamides is 1. The smallest absolute Gasteiger partial charge is 0.342 e. The van der Waals surface area contributed by atoms with Gasteiger partial charge in [-0.15, -0.1) is 0 Å². The number of carbonyl (C=O) groups excluding carboxylic acids is 2. The molecule has 0 aliphatic carbocycles. The molecular formula is C25H25NO9S. The predicted octanol–water partition coefficient (Wildman–Crippen LogP) is 2.94. The number of ketones is 1. The van der Waals surface area contributed by atoms with Crippen LogP contribution in [0.2, 0.25) is 0 Å². The van der Waals surface area contributed by atoms with E-state index in [1.165, 1.54) is 33.5 Å². The summed E-state index contributed by atoms with van der Waals surface area (Å²) in [5.74, 6) is -1.39. The molecule has 3 rings (SSSR count). The zero-order valence-corrected chi connectivity index (χ0v) is 20.6. The molecule has 0 aliphatic heterocycles. The van der Waals surface area contributed by atoms with Crippen molar-refractivity contribution in [3.63, 3.8) is 0 Å². The lowest BCUT2D eigenvalue weighted by Gasteiger charge is -2.14. The van der Waals surface area contributed by atoms with Gasteiger partial charge in [-0.2, -0.15) is 0 Å². The number of benzene rings is 3. The van der Waals surface area contributed by atoms with Gasteiger partial charge in [0.1, 0.15) is 11.3 Å². The Labute approximate surface area is 208 Å². The molecule has 3 aromatic rings. The van der Waals surface area contributed by atoms with Crippen molar-refractivity contribution in [2.24, 2.45) is 0 Å². The Balaban J connectivity index is 1.74. The largest absolute Gasteiger partial charge is 0.507 e. The summed E-state index contributed by atoms with van der Waals surface area (Å²) < 4.78 is 48.5. The van der Waals surface area contributed by atoms with Crippen molar-refractivity contribution >= 4 is 21.8 Å². The molecule has 0 aliphatic rings. The molecule has 0 aromatic heterocycles. The Morgan fingerprint density at radius 2 is 1.53 bits per heavy atom. The van der Waals surface area contributed by atoms with Crippen molar-refractivity contribution in [1.29, 1.82) is 0 Å². The third-order valence-electron chi connectivity index (χ3n) is 5.13. The number of nitrogens with one attached hydrogen (secondary N) is 1. The van der Waals surface area contributed by atoms with Gasteiger partial charge >= 0.3 is 5.97 Å². The maximum Gasteiger partial charge on any atom is 0.342 e. The van der Waals surface area contributed by atoms with Crippen molar-refractivity contribution in [2.45, 2.75) is 11.4 Å². The average molecular weight is 516 g/mol. The molecule has 0 heterocycles. The third kappa shape index (κ3) is 6.12. The number of methoxy groups -OCH3 is 3. The van der Waals surface area contributed by atoms with Gasteiger partial charge in [0.15, 0.2) is 18.1 Å². The van der Waals surface area contributed by atoms with Gasteiger partial charge in [0.25, 0.3) is 0 Å². The molecule has 3 aromatic carbocycles. The van der Waals surface area contributed by atoms with E-state index in [9.17, 15) is 23.1 Å². The first kappa shape index (κ1) is 26.5. The summed E-state index contributed by atoms with van der Waals surface area (Å²) in [5.41, 5.74) is 0.461. The zero-order chi connectivity index (χ0) is 26.3. The first-order chi connectivity index (χ1) is 17.2. The highest BCUT2D eigenvalue weighted by molar-refractivity contribution is 7.89. The fourth-order valence-electron chi connectivity index (χ4n) is 3.24. The van der Waals surface area contributed by atoms with Gasteiger partial charge < -0.3 is 24.1 Å². The topological polar surface area (TPSA) is 137 Å². The van der Waals surface area contributed by atoms with Crippen LogP contribution in [0, 0.1) is 0 Å². The number of aromatic hydroxyl groups is 1. The number of phenols is 1. The second kappa shape index (κ2) is 11.6. The van der Waals surface area contributed by atoms with E-state index < -0.39 is 39.7 Å². The summed E-state index contributed by atoms with van der Waals surface area (Å²) in [4.78, 5) is 25.0. The Hall–Kier alpha value is -4.09. The van der Waals surface area contributed by atoms with Crippen LogP contribution in [0.4, 0.5) is 0 Å². The van der Waals surface area contributed by atoms with Gasteiger partial charge in [-0.05, 0) is 35.9 Å². The molecule has 190 valence electrons.